The molecule has 1 aromatic rings. The molecule has 0 unspecified atom stereocenters. The molecular formula is C33H43NO4. The Hall–Kier alpha value is -3.34. The maximum absolute atomic E-state index is 12.7. The van der Waals surface area contributed by atoms with E-state index in [4.69, 9.17) is 4.74 Å². The highest BCUT2D eigenvalue weighted by atomic mass is 16.6. The van der Waals surface area contributed by atoms with Crippen molar-refractivity contribution in [3.63, 3.8) is 0 Å². The molecule has 1 amide bonds. The summed E-state index contributed by atoms with van der Waals surface area (Å²) in [7, 11) is 0. The van der Waals surface area contributed by atoms with Gasteiger partial charge in [-0.05, 0) is 70.8 Å². The van der Waals surface area contributed by atoms with Gasteiger partial charge in [-0.15, -0.1) is 0 Å². The lowest BCUT2D eigenvalue weighted by atomic mass is 10.0. The minimum atomic E-state index is -0.536. The second-order valence-corrected chi connectivity index (χ2v) is 10.7. The van der Waals surface area contributed by atoms with Crippen LogP contribution in [0.2, 0.25) is 0 Å². The number of aliphatic hydroxyl groups is 1. The van der Waals surface area contributed by atoms with Crippen LogP contribution in [0.5, 0.6) is 0 Å². The van der Waals surface area contributed by atoms with Gasteiger partial charge in [0.05, 0.1) is 5.57 Å². The first kappa shape index (κ1) is 29.2. The Morgan fingerprint density at radius 3 is 2.63 bits per heavy atom. The molecule has 0 aromatic heterocycles. The minimum Gasteiger partial charge on any atom is -0.508 e. The van der Waals surface area contributed by atoms with E-state index in [0.717, 1.165) is 62.8 Å². The lowest BCUT2D eigenvalue weighted by Crippen LogP contribution is -2.29. The van der Waals surface area contributed by atoms with Crippen LogP contribution in [0.15, 0.2) is 88.8 Å². The van der Waals surface area contributed by atoms with Crippen LogP contribution in [0, 0.1) is 5.92 Å². The van der Waals surface area contributed by atoms with Gasteiger partial charge in [-0.3, -0.25) is 4.79 Å². The highest BCUT2D eigenvalue weighted by Gasteiger charge is 2.31. The topological polar surface area (TPSA) is 66.8 Å². The zero-order valence-corrected chi connectivity index (χ0v) is 23.4. The molecule has 0 spiro atoms. The summed E-state index contributed by atoms with van der Waals surface area (Å²) in [6.45, 7) is 9.48. The molecule has 5 heteroatoms. The fourth-order valence-corrected chi connectivity index (χ4v) is 4.78. The molecular weight excluding hydrogens is 474 g/mol. The van der Waals surface area contributed by atoms with Crippen LogP contribution < -0.4 is 0 Å². The van der Waals surface area contributed by atoms with Crippen LogP contribution in [0.4, 0.5) is 0 Å². The molecule has 5 nitrogen and oxygen atoms in total. The van der Waals surface area contributed by atoms with Crippen LogP contribution in [0.25, 0.3) is 0 Å². The Balaban J connectivity index is 1.30. The number of cyclic esters (lactones) is 1. The third kappa shape index (κ3) is 8.90. The van der Waals surface area contributed by atoms with Crippen molar-refractivity contribution >= 4 is 11.9 Å². The first-order valence-corrected chi connectivity index (χ1v) is 13.9. The largest absolute Gasteiger partial charge is 0.508 e. The number of benzene rings is 1. The summed E-state index contributed by atoms with van der Waals surface area (Å²) in [5, 5.41) is 9.99. The summed E-state index contributed by atoms with van der Waals surface area (Å²) in [6.07, 6.45) is 16.5. The van der Waals surface area contributed by atoms with E-state index in [-0.39, 0.29) is 11.7 Å². The Kier molecular flexibility index (Phi) is 11.2. The van der Waals surface area contributed by atoms with Crippen molar-refractivity contribution in [3.8, 4) is 0 Å². The normalized spacial score (nSPS) is 19.5. The van der Waals surface area contributed by atoms with Gasteiger partial charge in [-0.1, -0.05) is 78.8 Å². The zero-order chi connectivity index (χ0) is 27.5. The number of hydrogen-bond donors (Lipinski definition) is 1. The highest BCUT2D eigenvalue weighted by molar-refractivity contribution is 5.95. The van der Waals surface area contributed by atoms with Crippen molar-refractivity contribution in [3.05, 3.63) is 94.3 Å². The molecule has 0 radical (unpaired) electrons. The van der Waals surface area contributed by atoms with Gasteiger partial charge in [0.25, 0.3) is 0 Å². The van der Waals surface area contributed by atoms with E-state index in [9.17, 15) is 14.7 Å². The lowest BCUT2D eigenvalue weighted by Gasteiger charge is -2.16. The summed E-state index contributed by atoms with van der Waals surface area (Å²) in [6, 6.07) is 10.3. The Morgan fingerprint density at radius 2 is 1.92 bits per heavy atom. The second kappa shape index (κ2) is 14.6. The third-order valence-corrected chi connectivity index (χ3v) is 7.34. The molecule has 2 aliphatic rings. The van der Waals surface area contributed by atoms with Gasteiger partial charge < -0.3 is 14.7 Å². The summed E-state index contributed by atoms with van der Waals surface area (Å²) in [5.41, 5.74) is 4.99. The zero-order valence-electron chi connectivity index (χ0n) is 23.4. The van der Waals surface area contributed by atoms with E-state index in [2.05, 4.69) is 56.4 Å². The number of carbonyl (C=O) groups excluding carboxylic acids is 2. The Bertz CT molecular complexity index is 1120. The molecule has 1 N–H and O–H groups in total. The van der Waals surface area contributed by atoms with Gasteiger partial charge in [-0.2, -0.15) is 0 Å². The number of hydrogen-bond acceptors (Lipinski definition) is 4. The van der Waals surface area contributed by atoms with Crippen molar-refractivity contribution in [2.24, 2.45) is 5.92 Å². The average molecular weight is 518 g/mol. The van der Waals surface area contributed by atoms with Crippen molar-refractivity contribution < 1.29 is 19.4 Å². The molecule has 2 atom stereocenters. The maximum atomic E-state index is 12.7. The molecule has 1 aromatic carbocycles. The van der Waals surface area contributed by atoms with E-state index in [0.29, 0.717) is 17.9 Å². The smallest absolute Gasteiger partial charge is 0.338 e. The predicted octanol–water partition coefficient (Wildman–Crippen LogP) is 7.18. The summed E-state index contributed by atoms with van der Waals surface area (Å²) >= 11 is 0. The van der Waals surface area contributed by atoms with Crippen molar-refractivity contribution in [1.29, 1.82) is 0 Å². The number of ether oxygens (including phenoxy) is 1. The number of carbonyl (C=O) groups is 2. The van der Waals surface area contributed by atoms with E-state index in [1.807, 2.05) is 30.0 Å². The molecule has 0 aliphatic carbocycles. The van der Waals surface area contributed by atoms with Gasteiger partial charge in [-0.25, -0.2) is 4.79 Å². The number of amides is 1. The lowest BCUT2D eigenvalue weighted by molar-refractivity contribution is -0.140. The van der Waals surface area contributed by atoms with Crippen LogP contribution in [0.3, 0.4) is 0 Å². The maximum Gasteiger partial charge on any atom is 0.338 e. The monoisotopic (exact) mass is 517 g/mol. The molecule has 2 aliphatic heterocycles. The van der Waals surface area contributed by atoms with E-state index >= 15 is 0 Å². The molecule has 38 heavy (non-hydrogen) atoms. The van der Waals surface area contributed by atoms with E-state index in [1.54, 1.807) is 6.92 Å². The van der Waals surface area contributed by atoms with Crippen LogP contribution in [-0.4, -0.2) is 41.1 Å². The first-order valence-electron chi connectivity index (χ1n) is 13.9. The SMILES string of the molecule is CC1=C(O)[C@H](C/C(C)=C\CC[C@H](C)/C=C/C=C(\C)CCCC2=CCN(CCc3ccccc3)C2=O)OC1=O. The van der Waals surface area contributed by atoms with Gasteiger partial charge in [0, 0.05) is 25.1 Å². The quantitative estimate of drug-likeness (QED) is 0.161. The van der Waals surface area contributed by atoms with E-state index in [1.165, 1.54) is 11.1 Å². The summed E-state index contributed by atoms with van der Waals surface area (Å²) in [4.78, 5) is 26.2. The van der Waals surface area contributed by atoms with E-state index < -0.39 is 12.1 Å². The minimum absolute atomic E-state index is 0.0635. The molecule has 0 fully saturated rings. The molecule has 204 valence electrons. The van der Waals surface area contributed by atoms with Crippen molar-refractivity contribution in [2.75, 3.05) is 13.1 Å². The van der Waals surface area contributed by atoms with Crippen molar-refractivity contribution in [2.45, 2.75) is 78.7 Å². The van der Waals surface area contributed by atoms with Gasteiger partial charge in [0.1, 0.15) is 5.76 Å². The van der Waals surface area contributed by atoms with Gasteiger partial charge in [0.2, 0.25) is 5.91 Å². The Labute approximate surface area is 228 Å². The predicted molar refractivity (Wildman–Crippen MR) is 154 cm³/mol. The molecule has 2 heterocycles. The highest BCUT2D eigenvalue weighted by Crippen LogP contribution is 2.25. The van der Waals surface area contributed by atoms with Crippen LogP contribution in [0.1, 0.15) is 71.8 Å². The number of rotatable bonds is 14. The first-order chi connectivity index (χ1) is 18.2. The van der Waals surface area contributed by atoms with Crippen LogP contribution >= 0.6 is 0 Å². The number of allylic oxidation sites excluding steroid dienone is 5. The average Bonchev–Trinajstić information content (AvgIpc) is 3.36. The summed E-state index contributed by atoms with van der Waals surface area (Å²) in [5.74, 6) is 0.292. The number of esters is 1. The van der Waals surface area contributed by atoms with Crippen LogP contribution in [-0.2, 0) is 20.7 Å². The fraction of sp³-hybridized carbons (Fsp3) is 0.455. The fourth-order valence-electron chi connectivity index (χ4n) is 4.78. The molecule has 0 bridgehead atoms. The van der Waals surface area contributed by atoms with Gasteiger partial charge >= 0.3 is 5.97 Å². The standard InChI is InChI=1S/C33H43NO4/c1-24(13-9-15-26(3)23-30-31(35)27(4)33(37)38-30)11-8-12-25(2)14-10-18-29-20-22-34(32(29)36)21-19-28-16-6-5-7-17-28/h5-8,11-12,15-17,20,24,30,35H,9-10,13-14,18-19,21-23H2,1-4H3/b11-8+,25-12+,26-15-/t24-,30+/m1/s1. The molecule has 0 saturated heterocycles. The molecule has 0 saturated carbocycles. The van der Waals surface area contributed by atoms with Crippen molar-refractivity contribution in [1.82, 2.24) is 4.90 Å². The second-order valence-electron chi connectivity index (χ2n) is 10.7. The molecule has 3 rings (SSSR count). The Morgan fingerprint density at radius 1 is 1.16 bits per heavy atom. The number of nitrogens with zero attached hydrogens (tertiary/aromatic N) is 1. The number of aliphatic hydroxyl groups excluding tert-OH is 1. The third-order valence-electron chi connectivity index (χ3n) is 7.34. The van der Waals surface area contributed by atoms with Gasteiger partial charge in [0.15, 0.2) is 6.10 Å². The summed E-state index contributed by atoms with van der Waals surface area (Å²) < 4.78 is 5.21.